The lowest BCUT2D eigenvalue weighted by Gasteiger charge is -2.26. The molecule has 0 aromatic heterocycles. The molecule has 0 aliphatic carbocycles. The van der Waals surface area contributed by atoms with Crippen LogP contribution in [0.25, 0.3) is 6.08 Å². The third kappa shape index (κ3) is 3.00. The minimum atomic E-state index is -1.04. The van der Waals surface area contributed by atoms with Gasteiger partial charge in [0, 0.05) is 0 Å². The first-order valence-corrected chi connectivity index (χ1v) is 7.45. The van der Waals surface area contributed by atoms with E-state index >= 15 is 0 Å². The van der Waals surface area contributed by atoms with Crippen LogP contribution in [-0.4, -0.2) is 30.1 Å². The molecule has 8 heteroatoms. The number of barbiturate groups is 1. The van der Waals surface area contributed by atoms with Crippen molar-refractivity contribution in [2.75, 3.05) is 12.0 Å². The number of benzene rings is 2. The van der Waals surface area contributed by atoms with E-state index in [0.29, 0.717) is 10.5 Å². The molecule has 3 rings (SSSR count). The standard InChI is InChI=1S/C18H13FN2O5/c1-26-15-9-10(6-7-14(15)22)8-11-16(23)20-18(25)21(17(11)24)13-5-3-2-4-12(13)19/h2-9,22H,1H3,(H,20,23,25)/b11-8-. The Morgan fingerprint density at radius 1 is 1.15 bits per heavy atom. The van der Waals surface area contributed by atoms with Crippen LogP contribution >= 0.6 is 0 Å². The van der Waals surface area contributed by atoms with Crippen LogP contribution in [0.3, 0.4) is 0 Å². The fraction of sp³-hybridized carbons (Fsp3) is 0.0556. The Kier molecular flexibility index (Phi) is 4.40. The summed E-state index contributed by atoms with van der Waals surface area (Å²) in [6.45, 7) is 0. The number of phenolic OH excluding ortho intramolecular Hbond substituents is 1. The molecular weight excluding hydrogens is 343 g/mol. The molecule has 132 valence electrons. The molecule has 1 heterocycles. The van der Waals surface area contributed by atoms with Gasteiger partial charge in [-0.25, -0.2) is 14.1 Å². The monoisotopic (exact) mass is 356 g/mol. The second-order valence-electron chi connectivity index (χ2n) is 5.34. The van der Waals surface area contributed by atoms with E-state index in [1.165, 1.54) is 49.6 Å². The van der Waals surface area contributed by atoms with Crippen molar-refractivity contribution in [1.82, 2.24) is 5.32 Å². The van der Waals surface area contributed by atoms with Gasteiger partial charge in [-0.05, 0) is 35.9 Å². The number of nitrogens with zero attached hydrogens (tertiary/aromatic N) is 1. The number of methoxy groups -OCH3 is 1. The maximum Gasteiger partial charge on any atom is 0.336 e. The van der Waals surface area contributed by atoms with Gasteiger partial charge < -0.3 is 9.84 Å². The van der Waals surface area contributed by atoms with Crippen molar-refractivity contribution in [2.24, 2.45) is 0 Å². The third-order valence-corrected chi connectivity index (χ3v) is 3.71. The van der Waals surface area contributed by atoms with Gasteiger partial charge >= 0.3 is 6.03 Å². The Labute approximate surface area is 147 Å². The Morgan fingerprint density at radius 2 is 1.88 bits per heavy atom. The van der Waals surface area contributed by atoms with E-state index in [1.807, 2.05) is 5.32 Å². The summed E-state index contributed by atoms with van der Waals surface area (Å²) >= 11 is 0. The summed E-state index contributed by atoms with van der Waals surface area (Å²) in [5.74, 6) is -2.62. The molecule has 0 saturated carbocycles. The average molecular weight is 356 g/mol. The summed E-state index contributed by atoms with van der Waals surface area (Å²) in [4.78, 5) is 37.3. The van der Waals surface area contributed by atoms with E-state index in [-0.39, 0.29) is 22.8 Å². The van der Waals surface area contributed by atoms with Gasteiger partial charge in [0.05, 0.1) is 12.8 Å². The first kappa shape index (κ1) is 17.2. The zero-order valence-electron chi connectivity index (χ0n) is 13.5. The van der Waals surface area contributed by atoms with Gasteiger partial charge in [0.1, 0.15) is 11.4 Å². The summed E-state index contributed by atoms with van der Waals surface area (Å²) in [6.07, 6.45) is 1.22. The molecule has 0 spiro atoms. The van der Waals surface area contributed by atoms with Crippen LogP contribution in [0.5, 0.6) is 11.5 Å². The third-order valence-electron chi connectivity index (χ3n) is 3.71. The fourth-order valence-electron chi connectivity index (χ4n) is 2.46. The normalized spacial score (nSPS) is 16.0. The number of aromatic hydroxyl groups is 1. The van der Waals surface area contributed by atoms with Crippen molar-refractivity contribution in [3.05, 3.63) is 59.4 Å². The number of nitrogens with one attached hydrogen (secondary N) is 1. The highest BCUT2D eigenvalue weighted by molar-refractivity contribution is 6.39. The number of ether oxygens (including phenoxy) is 1. The first-order chi connectivity index (χ1) is 12.4. The molecule has 0 atom stereocenters. The van der Waals surface area contributed by atoms with E-state index < -0.39 is 23.7 Å². The highest BCUT2D eigenvalue weighted by Gasteiger charge is 2.37. The minimum absolute atomic E-state index is 0.114. The molecule has 7 nitrogen and oxygen atoms in total. The molecule has 4 amide bonds. The number of amides is 4. The molecule has 0 radical (unpaired) electrons. The van der Waals surface area contributed by atoms with E-state index in [1.54, 1.807) is 0 Å². The topological polar surface area (TPSA) is 95.9 Å². The smallest absolute Gasteiger partial charge is 0.336 e. The van der Waals surface area contributed by atoms with Gasteiger partial charge in [-0.15, -0.1) is 0 Å². The summed E-state index contributed by atoms with van der Waals surface area (Å²) in [5.41, 5.74) is -0.252. The summed E-state index contributed by atoms with van der Waals surface area (Å²) in [5, 5.41) is 11.6. The highest BCUT2D eigenvalue weighted by Crippen LogP contribution is 2.29. The lowest BCUT2D eigenvalue weighted by atomic mass is 10.1. The van der Waals surface area contributed by atoms with Gasteiger partial charge in [-0.1, -0.05) is 18.2 Å². The lowest BCUT2D eigenvalue weighted by molar-refractivity contribution is -0.122. The van der Waals surface area contributed by atoms with Crippen LogP contribution in [-0.2, 0) is 9.59 Å². The van der Waals surface area contributed by atoms with Crippen molar-refractivity contribution in [2.45, 2.75) is 0 Å². The molecule has 26 heavy (non-hydrogen) atoms. The first-order valence-electron chi connectivity index (χ1n) is 7.45. The minimum Gasteiger partial charge on any atom is -0.504 e. The van der Waals surface area contributed by atoms with Crippen molar-refractivity contribution in [3.8, 4) is 11.5 Å². The number of halogens is 1. The van der Waals surface area contributed by atoms with Crippen molar-refractivity contribution in [1.29, 1.82) is 0 Å². The predicted octanol–water partition coefficient (Wildman–Crippen LogP) is 2.21. The van der Waals surface area contributed by atoms with Gasteiger partial charge in [0.15, 0.2) is 11.5 Å². The number of carbonyl (C=O) groups excluding carboxylic acids is 3. The number of hydrogen-bond acceptors (Lipinski definition) is 5. The highest BCUT2D eigenvalue weighted by atomic mass is 19.1. The van der Waals surface area contributed by atoms with Crippen LogP contribution in [0.4, 0.5) is 14.9 Å². The molecule has 1 aliphatic heterocycles. The SMILES string of the molecule is COc1cc(/C=C2/C(=O)NC(=O)N(c3ccccc3F)C2=O)ccc1O. The number of imide groups is 2. The van der Waals surface area contributed by atoms with E-state index in [2.05, 4.69) is 0 Å². The molecule has 2 aromatic rings. The molecule has 1 aliphatic rings. The average Bonchev–Trinajstić information content (AvgIpc) is 2.61. The molecule has 2 aromatic carbocycles. The number of phenols is 1. The van der Waals surface area contributed by atoms with Crippen LogP contribution in [0, 0.1) is 5.82 Å². The summed E-state index contributed by atoms with van der Waals surface area (Å²) in [6, 6.07) is 8.38. The molecule has 2 N–H and O–H groups in total. The van der Waals surface area contributed by atoms with Gasteiger partial charge in [-0.2, -0.15) is 0 Å². The van der Waals surface area contributed by atoms with Crippen molar-refractivity contribution < 1.29 is 28.6 Å². The van der Waals surface area contributed by atoms with Crippen LogP contribution in [0.15, 0.2) is 48.0 Å². The summed E-state index contributed by atoms with van der Waals surface area (Å²) in [7, 11) is 1.35. The fourth-order valence-corrected chi connectivity index (χ4v) is 2.46. The number of rotatable bonds is 3. The van der Waals surface area contributed by atoms with Crippen LogP contribution in [0.1, 0.15) is 5.56 Å². The van der Waals surface area contributed by atoms with Crippen LogP contribution in [0.2, 0.25) is 0 Å². The number of para-hydroxylation sites is 1. The number of hydrogen-bond donors (Lipinski definition) is 2. The quantitative estimate of drug-likeness (QED) is 0.649. The lowest BCUT2D eigenvalue weighted by Crippen LogP contribution is -2.54. The van der Waals surface area contributed by atoms with Crippen molar-refractivity contribution >= 4 is 29.6 Å². The molecule has 0 bridgehead atoms. The maximum absolute atomic E-state index is 14.0. The Hall–Kier alpha value is -3.68. The van der Waals surface area contributed by atoms with E-state index in [0.717, 1.165) is 6.07 Å². The molecular formula is C18H13FN2O5. The number of urea groups is 1. The summed E-state index contributed by atoms with van der Waals surface area (Å²) < 4.78 is 19.0. The Bertz CT molecular complexity index is 954. The molecule has 0 unspecified atom stereocenters. The Balaban J connectivity index is 2.04. The molecule has 1 saturated heterocycles. The second kappa shape index (κ2) is 6.67. The van der Waals surface area contributed by atoms with Gasteiger partial charge in [0.2, 0.25) is 0 Å². The molecule has 1 fully saturated rings. The maximum atomic E-state index is 14.0. The Morgan fingerprint density at radius 3 is 2.58 bits per heavy atom. The van der Waals surface area contributed by atoms with Gasteiger partial charge in [-0.3, -0.25) is 14.9 Å². The predicted molar refractivity (Wildman–Crippen MR) is 90.1 cm³/mol. The van der Waals surface area contributed by atoms with E-state index in [4.69, 9.17) is 4.74 Å². The zero-order chi connectivity index (χ0) is 18.8. The van der Waals surface area contributed by atoms with E-state index in [9.17, 15) is 23.9 Å². The number of carbonyl (C=O) groups is 3. The van der Waals surface area contributed by atoms with Gasteiger partial charge in [0.25, 0.3) is 11.8 Å². The van der Waals surface area contributed by atoms with Crippen LogP contribution < -0.4 is 15.0 Å². The zero-order valence-corrected chi connectivity index (χ0v) is 13.5. The second-order valence-corrected chi connectivity index (χ2v) is 5.34. The number of anilines is 1. The van der Waals surface area contributed by atoms with Crippen molar-refractivity contribution in [3.63, 3.8) is 0 Å². The largest absolute Gasteiger partial charge is 0.504 e.